The van der Waals surface area contributed by atoms with Gasteiger partial charge in [0.2, 0.25) is 5.91 Å². The maximum absolute atomic E-state index is 12.5. The lowest BCUT2D eigenvalue weighted by Crippen LogP contribution is -2.57. The predicted molar refractivity (Wildman–Crippen MR) is 101 cm³/mol. The van der Waals surface area contributed by atoms with Gasteiger partial charge in [-0.1, -0.05) is 17.7 Å². The van der Waals surface area contributed by atoms with Crippen LogP contribution in [0.4, 0.5) is 0 Å². The van der Waals surface area contributed by atoms with E-state index in [1.54, 1.807) is 23.3 Å². The van der Waals surface area contributed by atoms with Crippen molar-refractivity contribution in [3.8, 4) is 0 Å². The number of hydrogen-bond donors (Lipinski definition) is 0. The van der Waals surface area contributed by atoms with Gasteiger partial charge in [0.05, 0.1) is 23.4 Å². The van der Waals surface area contributed by atoms with Crippen molar-refractivity contribution in [1.82, 2.24) is 24.6 Å². The maximum atomic E-state index is 12.5. The molecule has 4 heterocycles. The second-order valence-corrected chi connectivity index (χ2v) is 7.78. The number of nitrogens with zero attached hydrogens (tertiary/aromatic N) is 5. The van der Waals surface area contributed by atoms with Gasteiger partial charge in [-0.15, -0.1) is 0 Å². The maximum Gasteiger partial charge on any atom is 0.244 e. The van der Waals surface area contributed by atoms with Crippen molar-refractivity contribution >= 4 is 17.5 Å². The van der Waals surface area contributed by atoms with Crippen LogP contribution in [0.1, 0.15) is 18.4 Å². The van der Waals surface area contributed by atoms with E-state index in [0.717, 1.165) is 39.1 Å². The molecular formula is C19H24ClN5O2. The molecule has 2 aromatic rings. The standard InChI is InChI=1S/C19H24ClN5O2/c20-17-11-22-25(13-17)14-18(26)24-6-3-19(4-7-24)15-23(8-9-27-19)12-16-2-1-5-21-10-16/h1-2,5,10-11,13H,3-4,6-9,12,14-15H2. The highest BCUT2D eigenvalue weighted by Gasteiger charge is 2.40. The van der Waals surface area contributed by atoms with Gasteiger partial charge in [-0.3, -0.25) is 19.4 Å². The van der Waals surface area contributed by atoms with Crippen molar-refractivity contribution in [1.29, 1.82) is 0 Å². The summed E-state index contributed by atoms with van der Waals surface area (Å²) >= 11 is 5.87. The van der Waals surface area contributed by atoms with E-state index in [0.29, 0.717) is 18.1 Å². The van der Waals surface area contributed by atoms with E-state index < -0.39 is 0 Å². The summed E-state index contributed by atoms with van der Waals surface area (Å²) in [6, 6.07) is 4.08. The number of morpholine rings is 1. The molecule has 144 valence electrons. The smallest absolute Gasteiger partial charge is 0.244 e. The van der Waals surface area contributed by atoms with Crippen LogP contribution in [0.5, 0.6) is 0 Å². The van der Waals surface area contributed by atoms with Crippen molar-refractivity contribution < 1.29 is 9.53 Å². The van der Waals surface area contributed by atoms with Gasteiger partial charge in [0.15, 0.2) is 0 Å². The van der Waals surface area contributed by atoms with E-state index in [9.17, 15) is 4.79 Å². The summed E-state index contributed by atoms with van der Waals surface area (Å²) in [6.45, 7) is 5.12. The molecular weight excluding hydrogens is 366 g/mol. The number of likely N-dealkylation sites (tertiary alicyclic amines) is 1. The second kappa shape index (κ2) is 7.96. The number of ether oxygens (including phenoxy) is 1. The fourth-order valence-corrected chi connectivity index (χ4v) is 4.09. The normalized spacial score (nSPS) is 20.1. The average molecular weight is 390 g/mol. The van der Waals surface area contributed by atoms with Gasteiger partial charge in [0.25, 0.3) is 0 Å². The first-order valence-electron chi connectivity index (χ1n) is 9.33. The molecule has 1 spiro atoms. The van der Waals surface area contributed by atoms with Crippen LogP contribution in [-0.4, -0.2) is 68.9 Å². The molecule has 2 aliphatic heterocycles. The third kappa shape index (κ3) is 4.48. The summed E-state index contributed by atoms with van der Waals surface area (Å²) < 4.78 is 7.78. The minimum absolute atomic E-state index is 0.0765. The molecule has 4 rings (SSSR count). The Balaban J connectivity index is 1.31. The Hall–Kier alpha value is -1.96. The number of pyridine rings is 1. The van der Waals surface area contributed by atoms with Crippen LogP contribution >= 0.6 is 11.6 Å². The molecule has 0 unspecified atom stereocenters. The molecule has 2 saturated heterocycles. The Labute approximate surface area is 163 Å². The monoisotopic (exact) mass is 389 g/mol. The molecule has 2 aliphatic rings. The van der Waals surface area contributed by atoms with Crippen molar-refractivity contribution in [2.24, 2.45) is 0 Å². The van der Waals surface area contributed by atoms with Gasteiger partial charge in [0, 0.05) is 51.3 Å². The molecule has 0 N–H and O–H groups in total. The zero-order chi connectivity index (χ0) is 18.7. The molecule has 8 heteroatoms. The number of carbonyl (C=O) groups excluding carboxylic acids is 1. The van der Waals surface area contributed by atoms with Crippen LogP contribution in [0, 0.1) is 0 Å². The van der Waals surface area contributed by atoms with Crippen molar-refractivity contribution in [3.05, 3.63) is 47.5 Å². The Kier molecular flexibility index (Phi) is 5.43. The fourth-order valence-electron chi connectivity index (χ4n) is 3.94. The van der Waals surface area contributed by atoms with Crippen molar-refractivity contribution in [2.75, 3.05) is 32.8 Å². The Morgan fingerprint density at radius 2 is 2.11 bits per heavy atom. The number of rotatable bonds is 4. The van der Waals surface area contributed by atoms with E-state index in [-0.39, 0.29) is 18.1 Å². The van der Waals surface area contributed by atoms with Crippen LogP contribution < -0.4 is 0 Å². The summed E-state index contributed by atoms with van der Waals surface area (Å²) in [5.41, 5.74) is 1.08. The number of hydrogen-bond acceptors (Lipinski definition) is 5. The highest BCUT2D eigenvalue weighted by molar-refractivity contribution is 6.30. The topological polar surface area (TPSA) is 63.5 Å². The van der Waals surface area contributed by atoms with Gasteiger partial charge in [-0.05, 0) is 24.5 Å². The van der Waals surface area contributed by atoms with Crippen molar-refractivity contribution in [2.45, 2.75) is 31.5 Å². The highest BCUT2D eigenvalue weighted by atomic mass is 35.5. The van der Waals surface area contributed by atoms with E-state index in [1.165, 1.54) is 5.56 Å². The number of piperidine rings is 1. The van der Waals surface area contributed by atoms with Crippen LogP contribution in [0.15, 0.2) is 36.9 Å². The van der Waals surface area contributed by atoms with Gasteiger partial charge < -0.3 is 9.64 Å². The highest BCUT2D eigenvalue weighted by Crippen LogP contribution is 2.30. The Bertz CT molecular complexity index is 773. The molecule has 2 fully saturated rings. The number of amides is 1. The van der Waals surface area contributed by atoms with E-state index in [2.05, 4.69) is 21.0 Å². The first kappa shape index (κ1) is 18.4. The van der Waals surface area contributed by atoms with E-state index in [1.807, 2.05) is 17.2 Å². The molecule has 0 radical (unpaired) electrons. The zero-order valence-electron chi connectivity index (χ0n) is 15.3. The van der Waals surface area contributed by atoms with Gasteiger partial charge >= 0.3 is 0 Å². The third-order valence-corrected chi connectivity index (χ3v) is 5.58. The number of halogens is 1. The fraction of sp³-hybridized carbons (Fsp3) is 0.526. The Morgan fingerprint density at radius 3 is 2.81 bits per heavy atom. The zero-order valence-corrected chi connectivity index (χ0v) is 16.0. The second-order valence-electron chi connectivity index (χ2n) is 7.34. The Morgan fingerprint density at radius 1 is 1.26 bits per heavy atom. The van der Waals surface area contributed by atoms with Crippen LogP contribution in [0.25, 0.3) is 0 Å². The molecule has 0 aromatic carbocycles. The van der Waals surface area contributed by atoms with Crippen LogP contribution in [-0.2, 0) is 22.6 Å². The largest absolute Gasteiger partial charge is 0.372 e. The molecule has 0 atom stereocenters. The number of aromatic nitrogens is 3. The molecule has 1 amide bonds. The summed E-state index contributed by atoms with van der Waals surface area (Å²) in [5.74, 6) is 0.0765. The SMILES string of the molecule is O=C(Cn1cc(Cl)cn1)N1CCC2(CC1)CN(Cc1cccnc1)CCO2. The van der Waals surface area contributed by atoms with Crippen LogP contribution in [0.2, 0.25) is 5.02 Å². The van der Waals surface area contributed by atoms with E-state index >= 15 is 0 Å². The molecule has 7 nitrogen and oxygen atoms in total. The third-order valence-electron chi connectivity index (χ3n) is 5.38. The van der Waals surface area contributed by atoms with Crippen molar-refractivity contribution in [3.63, 3.8) is 0 Å². The summed E-state index contributed by atoms with van der Waals surface area (Å²) in [5, 5.41) is 4.63. The van der Waals surface area contributed by atoms with E-state index in [4.69, 9.17) is 16.3 Å². The summed E-state index contributed by atoms with van der Waals surface area (Å²) in [4.78, 5) is 21.1. The first-order chi connectivity index (χ1) is 13.1. The molecule has 27 heavy (non-hydrogen) atoms. The van der Waals surface area contributed by atoms with Gasteiger partial charge in [-0.25, -0.2) is 0 Å². The molecule has 0 bridgehead atoms. The lowest BCUT2D eigenvalue weighted by molar-refractivity contribution is -0.151. The predicted octanol–water partition coefficient (Wildman–Crippen LogP) is 1.83. The van der Waals surface area contributed by atoms with Gasteiger partial charge in [0.1, 0.15) is 6.54 Å². The van der Waals surface area contributed by atoms with Crippen LogP contribution in [0.3, 0.4) is 0 Å². The average Bonchev–Trinajstić information content (AvgIpc) is 3.08. The molecule has 0 aliphatic carbocycles. The molecule has 2 aromatic heterocycles. The lowest BCUT2D eigenvalue weighted by atomic mass is 9.89. The number of carbonyl (C=O) groups is 1. The minimum Gasteiger partial charge on any atom is -0.372 e. The first-order valence-corrected chi connectivity index (χ1v) is 9.71. The quantitative estimate of drug-likeness (QED) is 0.798. The summed E-state index contributed by atoms with van der Waals surface area (Å²) in [7, 11) is 0. The van der Waals surface area contributed by atoms with Gasteiger partial charge in [-0.2, -0.15) is 5.10 Å². The molecule has 0 saturated carbocycles. The lowest BCUT2D eigenvalue weighted by Gasteiger charge is -2.47. The minimum atomic E-state index is -0.147. The summed E-state index contributed by atoms with van der Waals surface area (Å²) in [6.07, 6.45) is 8.67.